The maximum absolute atomic E-state index is 15.3. The second-order valence-corrected chi connectivity index (χ2v) is 26.2. The summed E-state index contributed by atoms with van der Waals surface area (Å²) in [6.07, 6.45) is -24.0. The van der Waals surface area contributed by atoms with Gasteiger partial charge in [0.15, 0.2) is 18.9 Å². The van der Waals surface area contributed by atoms with Gasteiger partial charge in [-0.2, -0.15) is 0 Å². The first-order chi connectivity index (χ1) is 45.4. The first-order valence-electron chi connectivity index (χ1n) is 31.2. The van der Waals surface area contributed by atoms with Crippen LogP contribution < -0.4 is 58.9 Å². The Morgan fingerprint density at radius 1 is 0.567 bits per heavy atom. The van der Waals surface area contributed by atoms with Gasteiger partial charge in [-0.1, -0.05) is 50.5 Å². The standard InChI is InChI=1S/C57H94N12O25S3/c1-21(2)15-30(66-50(84)29(62-25(6)72)12-13-37(75)76)51(85)61-22(3)49(83)67-39(24(5)91-56-41(64-27(8)96)47(81)44(78)33(19-71)93-56)54(88)68-38(53(87)60-17-36(74)69-14-10-11-31(69)52(86)59-16-35(58)73)23(4)90-57-42(65-28(9)97)48(82)45(79)34(94-57)20-89-55-40(63-26(7)95)46(80)43(77)32(18-70)92-55/h21-24,29-34,38-48,55-57,70-71,77-82H,10-20H2,1-9H3,(H2,58,73)(H,59,86)(H,60,87)(H,61,85)(H,62,72)(H,63,95)(H,64,96)(H,65,97)(H,66,84)(H,67,83)(H,68,88)(H,75,76)/t22-,23+,24+,29-,30-,31-,32+,33+,34+,38-,39-,40+,41+,42+,43-,44-,45-,46+,47+,48+,55-,56-,57-/m0/s1. The number of nitrogens with two attached hydrogens (primary N) is 1. The van der Waals surface area contributed by atoms with Crippen molar-refractivity contribution in [3.05, 3.63) is 0 Å². The molecule has 4 rings (SSSR count). The number of carbonyl (C=O) groups excluding carboxylic acids is 9. The number of aliphatic hydroxyl groups is 8. The number of hydrogen-bond donors (Lipinski definition) is 20. The number of aliphatic hydroxyl groups excluding tert-OH is 8. The van der Waals surface area contributed by atoms with Gasteiger partial charge in [0.2, 0.25) is 53.2 Å². The van der Waals surface area contributed by atoms with Gasteiger partial charge in [0.1, 0.15) is 109 Å². The van der Waals surface area contributed by atoms with Gasteiger partial charge < -0.3 is 138 Å². The molecule has 0 saturated carbocycles. The van der Waals surface area contributed by atoms with Crippen LogP contribution in [0, 0.1) is 5.92 Å². The highest BCUT2D eigenvalue weighted by Crippen LogP contribution is 2.29. The Balaban J connectivity index is 1.81. The number of primary amides is 1. The van der Waals surface area contributed by atoms with Gasteiger partial charge in [-0.25, -0.2) is 0 Å². The third-order valence-corrected chi connectivity index (χ3v) is 16.3. The van der Waals surface area contributed by atoms with Gasteiger partial charge in [0.05, 0.1) is 60.1 Å². The van der Waals surface area contributed by atoms with E-state index in [1.54, 1.807) is 13.8 Å². The molecule has 4 aliphatic rings. The Bertz CT molecular complexity index is 2790. The second-order valence-electron chi connectivity index (χ2n) is 24.4. The summed E-state index contributed by atoms with van der Waals surface area (Å²) in [4.78, 5) is 136. The molecule has 0 aromatic carbocycles. The lowest BCUT2D eigenvalue weighted by molar-refractivity contribution is -0.307. The summed E-state index contributed by atoms with van der Waals surface area (Å²) in [5.41, 5.74) is 5.21. The Morgan fingerprint density at radius 2 is 1.03 bits per heavy atom. The van der Waals surface area contributed by atoms with Crippen LogP contribution in [0.1, 0.15) is 94.4 Å². The number of likely N-dealkylation sites (tertiary alicyclic amines) is 1. The molecule has 37 nitrogen and oxygen atoms in total. The fourth-order valence-electron chi connectivity index (χ4n) is 11.0. The van der Waals surface area contributed by atoms with Crippen LogP contribution in [-0.2, 0) is 76.4 Å². The van der Waals surface area contributed by atoms with Crippen LogP contribution in [0.2, 0.25) is 0 Å². The van der Waals surface area contributed by atoms with Crippen molar-refractivity contribution in [1.29, 1.82) is 0 Å². The minimum absolute atomic E-state index is 0.0114. The molecule has 21 N–H and O–H groups in total. The summed E-state index contributed by atoms with van der Waals surface area (Å²) in [5, 5.41) is 122. The number of aliphatic carboxylic acids is 1. The van der Waals surface area contributed by atoms with E-state index in [4.69, 9.17) is 70.8 Å². The molecule has 40 heteroatoms. The largest absolute Gasteiger partial charge is 0.481 e. The van der Waals surface area contributed by atoms with Crippen molar-refractivity contribution in [3.63, 3.8) is 0 Å². The second kappa shape index (κ2) is 39.0. The number of hydrogen-bond acceptors (Lipinski definition) is 27. The number of rotatable bonds is 34. The minimum Gasteiger partial charge on any atom is -0.481 e. The molecule has 0 bridgehead atoms. The number of amides is 9. The van der Waals surface area contributed by atoms with E-state index in [1.807, 2.05) is 0 Å². The van der Waals surface area contributed by atoms with Crippen LogP contribution in [0.5, 0.6) is 0 Å². The Morgan fingerprint density at radius 3 is 1.51 bits per heavy atom. The van der Waals surface area contributed by atoms with Crippen molar-refractivity contribution in [1.82, 2.24) is 58.1 Å². The lowest BCUT2D eigenvalue weighted by atomic mass is 9.96. The number of ether oxygens (including phenoxy) is 6. The summed E-state index contributed by atoms with van der Waals surface area (Å²) < 4.78 is 36.4. The highest BCUT2D eigenvalue weighted by molar-refractivity contribution is 7.80. The molecule has 550 valence electrons. The third-order valence-electron chi connectivity index (χ3n) is 16.0. The highest BCUT2D eigenvalue weighted by atomic mass is 32.1. The monoisotopic (exact) mass is 1440 g/mol. The van der Waals surface area contributed by atoms with Gasteiger partial charge in [-0.15, -0.1) is 0 Å². The van der Waals surface area contributed by atoms with E-state index in [0.29, 0.717) is 6.42 Å². The maximum atomic E-state index is 15.3. The highest BCUT2D eigenvalue weighted by Gasteiger charge is 2.51. The molecule has 0 radical (unpaired) electrons. The summed E-state index contributed by atoms with van der Waals surface area (Å²) in [6, 6.07) is -13.9. The number of carbonyl (C=O) groups is 10. The normalized spacial score (nSPS) is 29.3. The van der Waals surface area contributed by atoms with Gasteiger partial charge >= 0.3 is 5.97 Å². The molecule has 4 fully saturated rings. The molecule has 0 aliphatic carbocycles. The fourth-order valence-corrected chi connectivity index (χ4v) is 11.4. The molecular weight excluding hydrogens is 1350 g/mol. The average Bonchev–Trinajstić information content (AvgIpc) is 1.42. The lowest BCUT2D eigenvalue weighted by Crippen LogP contribution is -2.68. The zero-order chi connectivity index (χ0) is 73.0. The predicted molar refractivity (Wildman–Crippen MR) is 346 cm³/mol. The quantitative estimate of drug-likeness (QED) is 0.0266. The van der Waals surface area contributed by atoms with E-state index in [0.717, 1.165) is 11.8 Å². The van der Waals surface area contributed by atoms with Crippen LogP contribution in [0.25, 0.3) is 0 Å². The van der Waals surface area contributed by atoms with E-state index in [2.05, 4.69) is 53.2 Å². The fraction of sp³-hybridized carbons (Fsp3) is 0.772. The maximum Gasteiger partial charge on any atom is 0.303 e. The minimum atomic E-state index is -2.06. The first kappa shape index (κ1) is 83.2. The average molecular weight is 1440 g/mol. The van der Waals surface area contributed by atoms with Crippen LogP contribution in [0.3, 0.4) is 0 Å². The van der Waals surface area contributed by atoms with Crippen molar-refractivity contribution < 1.29 is 122 Å². The first-order valence-corrected chi connectivity index (χ1v) is 32.5. The van der Waals surface area contributed by atoms with Crippen LogP contribution in [0.15, 0.2) is 0 Å². The Hall–Kier alpha value is -6.19. The SMILES string of the molecule is CC(=O)N[C@@H](CCC(=O)O)C(=O)N[C@@H](CC(C)C)C(=O)N[C@@H](C)C(=O)N[C@H](C(=O)N[C@H](C(=O)NCC(=O)N1CCC[C@H]1C(=O)NCC(N)=O)[C@@H](C)O[C@H]1O[C@H](CO[C@H]2O[C@H](CO)[C@H](O)[C@H](O)[C@H]2NC(C)=S)[C@H](O)[C@H](O)[C@H]1NC(C)=S)[C@@H](C)O[C@H]1O[C@H](CO)[C@H](O)[C@H](O)[C@H]1NC(C)=S. The molecular formula is C57H94N12O25S3. The number of thiocarbonyl (C=S) groups is 3. The van der Waals surface area contributed by atoms with Crippen molar-refractivity contribution >= 4 is 111 Å². The molecule has 4 saturated heterocycles. The third kappa shape index (κ3) is 24.6. The van der Waals surface area contributed by atoms with Gasteiger partial charge in [0.25, 0.3) is 0 Å². The summed E-state index contributed by atoms with van der Waals surface area (Å²) in [6.45, 7) is 8.62. The topological polar surface area (TPSA) is 558 Å². The van der Waals surface area contributed by atoms with E-state index in [1.165, 1.54) is 41.5 Å². The van der Waals surface area contributed by atoms with E-state index in [-0.39, 0.29) is 46.7 Å². The van der Waals surface area contributed by atoms with Crippen molar-refractivity contribution in [2.24, 2.45) is 11.7 Å². The number of carboxylic acids is 1. The Labute approximate surface area is 574 Å². The Kier molecular flexibility index (Phi) is 33.4. The van der Waals surface area contributed by atoms with Gasteiger partial charge in [0, 0.05) is 19.9 Å². The molecule has 9 amide bonds. The van der Waals surface area contributed by atoms with Crippen LogP contribution in [-0.4, -0.2) is 305 Å². The van der Waals surface area contributed by atoms with Crippen LogP contribution >= 0.6 is 36.7 Å². The lowest BCUT2D eigenvalue weighted by Gasteiger charge is -2.46. The van der Waals surface area contributed by atoms with E-state index < -0.39 is 239 Å². The number of nitrogens with zero attached hydrogens (tertiary/aromatic N) is 1. The molecule has 4 aliphatic heterocycles. The molecule has 0 spiro atoms. The predicted octanol–water partition coefficient (Wildman–Crippen LogP) is -8.86. The molecule has 23 atom stereocenters. The van der Waals surface area contributed by atoms with Crippen LogP contribution in [0.4, 0.5) is 0 Å². The molecule has 0 aromatic heterocycles. The van der Waals surface area contributed by atoms with E-state index >= 15 is 4.79 Å². The zero-order valence-corrected chi connectivity index (χ0v) is 57.4. The summed E-state index contributed by atoms with van der Waals surface area (Å²) in [7, 11) is 0. The molecule has 0 aromatic rings. The number of carboxylic acid groups (broad SMARTS) is 1. The van der Waals surface area contributed by atoms with Crippen molar-refractivity contribution in [3.8, 4) is 0 Å². The number of nitrogens with one attached hydrogen (secondary N) is 10. The summed E-state index contributed by atoms with van der Waals surface area (Å²) >= 11 is 15.7. The van der Waals surface area contributed by atoms with Crippen molar-refractivity contribution in [2.75, 3.05) is 39.5 Å². The van der Waals surface area contributed by atoms with E-state index in [9.17, 15) is 89.1 Å². The zero-order valence-electron chi connectivity index (χ0n) is 54.9. The van der Waals surface area contributed by atoms with Gasteiger partial charge in [-0.05, 0) is 73.1 Å². The van der Waals surface area contributed by atoms with Crippen molar-refractivity contribution in [2.45, 2.75) is 235 Å². The molecule has 97 heavy (non-hydrogen) atoms. The smallest absolute Gasteiger partial charge is 0.303 e. The molecule has 0 unspecified atom stereocenters. The summed E-state index contributed by atoms with van der Waals surface area (Å²) in [5.74, 6) is -10.3. The molecule has 4 heterocycles. The van der Waals surface area contributed by atoms with Gasteiger partial charge in [-0.3, -0.25) is 47.9 Å².